The summed E-state index contributed by atoms with van der Waals surface area (Å²) >= 11 is 0. The van der Waals surface area contributed by atoms with Gasteiger partial charge in [-0.2, -0.15) is 0 Å². The predicted molar refractivity (Wildman–Crippen MR) is 72.2 cm³/mol. The fourth-order valence-electron chi connectivity index (χ4n) is 2.37. The minimum Gasteiger partial charge on any atom is -0.352 e. The molecule has 90 valence electrons. The third-order valence-corrected chi connectivity index (χ3v) is 3.63. The summed E-state index contributed by atoms with van der Waals surface area (Å²) in [7, 11) is 2.10. The Morgan fingerprint density at radius 3 is 2.29 bits per heavy atom. The van der Waals surface area contributed by atoms with E-state index in [1.165, 1.54) is 22.5 Å². The zero-order valence-electron chi connectivity index (χ0n) is 10.8. The Morgan fingerprint density at radius 2 is 1.82 bits per heavy atom. The van der Waals surface area contributed by atoms with E-state index in [1.807, 2.05) is 6.07 Å². The van der Waals surface area contributed by atoms with Crippen LogP contribution in [0.2, 0.25) is 0 Å². The molecule has 2 heteroatoms. The first-order valence-corrected chi connectivity index (χ1v) is 6.03. The second kappa shape index (κ2) is 4.76. The lowest BCUT2D eigenvalue weighted by molar-refractivity contribution is 0.786. The highest BCUT2D eigenvalue weighted by Gasteiger charge is 2.17. The van der Waals surface area contributed by atoms with Crippen LogP contribution in [0.5, 0.6) is 0 Å². The smallest absolute Gasteiger partial charge is 0.0230 e. The maximum Gasteiger partial charge on any atom is 0.0230 e. The second-order valence-corrected chi connectivity index (χ2v) is 4.58. The molecule has 1 aromatic heterocycles. The average Bonchev–Trinajstić information content (AvgIpc) is 2.60. The van der Waals surface area contributed by atoms with Crippen LogP contribution in [0.15, 0.2) is 36.4 Å². The minimum atomic E-state index is 0.302. The molecule has 0 saturated carbocycles. The predicted octanol–water partition coefficient (Wildman–Crippen LogP) is 2.73. The number of rotatable bonds is 3. The van der Waals surface area contributed by atoms with Gasteiger partial charge in [0.2, 0.25) is 0 Å². The van der Waals surface area contributed by atoms with E-state index in [1.54, 1.807) is 0 Å². The Kier molecular flexibility index (Phi) is 3.34. The van der Waals surface area contributed by atoms with Crippen molar-refractivity contribution in [3.05, 3.63) is 58.9 Å². The van der Waals surface area contributed by atoms with E-state index in [-0.39, 0.29) is 0 Å². The number of nitrogens with two attached hydrogens (primary N) is 1. The first-order valence-electron chi connectivity index (χ1n) is 6.03. The molecular formula is C15H20N2. The molecular weight excluding hydrogens is 208 g/mol. The van der Waals surface area contributed by atoms with Crippen molar-refractivity contribution in [2.75, 3.05) is 6.54 Å². The highest BCUT2D eigenvalue weighted by Crippen LogP contribution is 2.28. The van der Waals surface area contributed by atoms with Gasteiger partial charge >= 0.3 is 0 Å². The van der Waals surface area contributed by atoms with E-state index in [4.69, 9.17) is 5.73 Å². The van der Waals surface area contributed by atoms with Gasteiger partial charge in [-0.3, -0.25) is 0 Å². The van der Waals surface area contributed by atoms with Gasteiger partial charge in [0.1, 0.15) is 0 Å². The van der Waals surface area contributed by atoms with Crippen molar-refractivity contribution in [3.63, 3.8) is 0 Å². The van der Waals surface area contributed by atoms with Crippen molar-refractivity contribution < 1.29 is 0 Å². The Bertz CT molecular complexity index is 497. The van der Waals surface area contributed by atoms with Crippen LogP contribution in [-0.4, -0.2) is 11.1 Å². The molecule has 0 aliphatic rings. The summed E-state index contributed by atoms with van der Waals surface area (Å²) in [5.41, 5.74) is 11.2. The average molecular weight is 228 g/mol. The van der Waals surface area contributed by atoms with Gasteiger partial charge in [0.15, 0.2) is 0 Å². The molecule has 2 rings (SSSR count). The Labute approximate surface area is 103 Å². The molecule has 1 heterocycles. The molecule has 1 aromatic carbocycles. The third-order valence-electron chi connectivity index (χ3n) is 3.63. The van der Waals surface area contributed by atoms with E-state index < -0.39 is 0 Å². The molecule has 2 aromatic rings. The van der Waals surface area contributed by atoms with Gasteiger partial charge in [-0.1, -0.05) is 30.3 Å². The normalized spacial score (nSPS) is 12.7. The molecule has 0 spiro atoms. The standard InChI is InChI=1S/C15H20N2/c1-11-9-14(12(2)17(11)3)15(10-16)13-7-5-4-6-8-13/h4-9,15H,10,16H2,1-3H3. The van der Waals surface area contributed by atoms with E-state index in [9.17, 15) is 0 Å². The maximum absolute atomic E-state index is 5.96. The molecule has 0 amide bonds. The molecule has 1 atom stereocenters. The molecule has 0 saturated heterocycles. The number of benzene rings is 1. The quantitative estimate of drug-likeness (QED) is 0.860. The highest BCUT2D eigenvalue weighted by molar-refractivity contribution is 5.38. The van der Waals surface area contributed by atoms with Gasteiger partial charge in [0.25, 0.3) is 0 Å². The fourth-order valence-corrected chi connectivity index (χ4v) is 2.37. The first kappa shape index (κ1) is 11.9. The largest absolute Gasteiger partial charge is 0.352 e. The lowest BCUT2D eigenvalue weighted by atomic mass is 9.91. The Morgan fingerprint density at radius 1 is 1.18 bits per heavy atom. The van der Waals surface area contributed by atoms with Gasteiger partial charge in [-0.05, 0) is 31.0 Å². The van der Waals surface area contributed by atoms with Crippen LogP contribution in [0, 0.1) is 13.8 Å². The summed E-state index contributed by atoms with van der Waals surface area (Å²) in [4.78, 5) is 0. The number of aryl methyl sites for hydroxylation is 1. The van der Waals surface area contributed by atoms with Crippen molar-refractivity contribution >= 4 is 0 Å². The number of hydrogen-bond acceptors (Lipinski definition) is 1. The van der Waals surface area contributed by atoms with Crippen LogP contribution in [0.3, 0.4) is 0 Å². The lowest BCUT2D eigenvalue weighted by Gasteiger charge is -2.15. The van der Waals surface area contributed by atoms with Crippen LogP contribution in [0.1, 0.15) is 28.4 Å². The lowest BCUT2D eigenvalue weighted by Crippen LogP contribution is -2.14. The van der Waals surface area contributed by atoms with E-state index in [0.717, 1.165) is 0 Å². The van der Waals surface area contributed by atoms with Gasteiger partial charge in [0.05, 0.1) is 0 Å². The van der Waals surface area contributed by atoms with Gasteiger partial charge in [-0.15, -0.1) is 0 Å². The third kappa shape index (κ3) is 2.13. The van der Waals surface area contributed by atoms with Gasteiger partial charge in [0, 0.05) is 30.9 Å². The number of hydrogen-bond donors (Lipinski definition) is 1. The van der Waals surface area contributed by atoms with Crippen molar-refractivity contribution in [2.24, 2.45) is 12.8 Å². The van der Waals surface area contributed by atoms with Crippen molar-refractivity contribution in [2.45, 2.75) is 19.8 Å². The monoisotopic (exact) mass is 228 g/mol. The van der Waals surface area contributed by atoms with E-state index in [0.29, 0.717) is 12.5 Å². The van der Waals surface area contributed by atoms with E-state index >= 15 is 0 Å². The van der Waals surface area contributed by atoms with Crippen LogP contribution in [0.25, 0.3) is 0 Å². The molecule has 0 aliphatic carbocycles. The molecule has 0 radical (unpaired) electrons. The molecule has 17 heavy (non-hydrogen) atoms. The zero-order chi connectivity index (χ0) is 12.4. The fraction of sp³-hybridized carbons (Fsp3) is 0.333. The SMILES string of the molecule is Cc1cc(C(CN)c2ccccc2)c(C)n1C. The van der Waals surface area contributed by atoms with Crippen LogP contribution >= 0.6 is 0 Å². The van der Waals surface area contributed by atoms with Gasteiger partial charge < -0.3 is 10.3 Å². The molecule has 1 unspecified atom stereocenters. The maximum atomic E-state index is 5.96. The van der Waals surface area contributed by atoms with E-state index in [2.05, 4.69) is 55.8 Å². The Balaban J connectivity index is 2.46. The topological polar surface area (TPSA) is 30.9 Å². The number of nitrogens with zero attached hydrogens (tertiary/aromatic N) is 1. The summed E-state index contributed by atoms with van der Waals surface area (Å²) in [6.45, 7) is 4.94. The van der Waals surface area contributed by atoms with Crippen LogP contribution in [0.4, 0.5) is 0 Å². The summed E-state index contributed by atoms with van der Waals surface area (Å²) in [5, 5.41) is 0. The molecule has 0 bridgehead atoms. The first-order chi connectivity index (χ1) is 8.15. The number of aromatic nitrogens is 1. The van der Waals surface area contributed by atoms with Crippen molar-refractivity contribution in [3.8, 4) is 0 Å². The summed E-state index contributed by atoms with van der Waals surface area (Å²) < 4.78 is 2.22. The summed E-state index contributed by atoms with van der Waals surface area (Å²) in [6, 6.07) is 12.7. The van der Waals surface area contributed by atoms with Crippen LogP contribution < -0.4 is 5.73 Å². The summed E-state index contributed by atoms with van der Waals surface area (Å²) in [6.07, 6.45) is 0. The molecule has 0 aliphatic heterocycles. The van der Waals surface area contributed by atoms with Crippen LogP contribution in [-0.2, 0) is 7.05 Å². The van der Waals surface area contributed by atoms with Crippen molar-refractivity contribution in [1.82, 2.24) is 4.57 Å². The molecule has 2 N–H and O–H groups in total. The van der Waals surface area contributed by atoms with Crippen molar-refractivity contribution in [1.29, 1.82) is 0 Å². The highest BCUT2D eigenvalue weighted by atomic mass is 14.9. The minimum absolute atomic E-state index is 0.302. The molecule has 2 nitrogen and oxygen atoms in total. The zero-order valence-corrected chi connectivity index (χ0v) is 10.8. The molecule has 0 fully saturated rings. The Hall–Kier alpha value is -1.54. The van der Waals surface area contributed by atoms with Gasteiger partial charge in [-0.25, -0.2) is 0 Å². The summed E-state index contributed by atoms with van der Waals surface area (Å²) in [5.74, 6) is 0.302. The second-order valence-electron chi connectivity index (χ2n) is 4.58.